The van der Waals surface area contributed by atoms with Crippen LogP contribution in [0.15, 0.2) is 30.6 Å². The van der Waals surface area contributed by atoms with Gasteiger partial charge in [-0.3, -0.25) is 14.2 Å². The molecule has 5 rings (SSSR count). The van der Waals surface area contributed by atoms with Crippen molar-refractivity contribution in [3.8, 4) is 11.5 Å². The molecular weight excluding hydrogens is 416 g/mol. The minimum absolute atomic E-state index is 0.0222. The van der Waals surface area contributed by atoms with Crippen molar-refractivity contribution in [3.05, 3.63) is 47.4 Å². The Morgan fingerprint density at radius 3 is 2.85 bits per heavy atom. The summed E-state index contributed by atoms with van der Waals surface area (Å²) in [6.45, 7) is 7.20. The second kappa shape index (κ2) is 8.31. The molecule has 9 heteroatoms. The molecule has 1 amide bonds. The van der Waals surface area contributed by atoms with Crippen molar-refractivity contribution in [2.24, 2.45) is 0 Å². The Kier molecular flexibility index (Phi) is 5.46. The Balaban J connectivity index is 1.54. The van der Waals surface area contributed by atoms with Crippen molar-refractivity contribution in [2.75, 3.05) is 25.5 Å². The van der Waals surface area contributed by atoms with Gasteiger partial charge in [-0.15, -0.1) is 10.2 Å². The van der Waals surface area contributed by atoms with E-state index in [9.17, 15) is 4.79 Å². The molecule has 0 spiro atoms. The van der Waals surface area contributed by atoms with Gasteiger partial charge in [-0.2, -0.15) is 4.98 Å². The van der Waals surface area contributed by atoms with Crippen molar-refractivity contribution in [1.82, 2.24) is 34.5 Å². The van der Waals surface area contributed by atoms with E-state index in [1.54, 1.807) is 11.2 Å². The number of hydrogen-bond donors (Lipinski definition) is 1. The van der Waals surface area contributed by atoms with Crippen molar-refractivity contribution in [1.29, 1.82) is 0 Å². The number of nitrogens with one attached hydrogen (secondary N) is 1. The van der Waals surface area contributed by atoms with E-state index in [4.69, 9.17) is 9.97 Å². The Morgan fingerprint density at radius 2 is 2.12 bits per heavy atom. The lowest BCUT2D eigenvalue weighted by Crippen LogP contribution is -2.48. The molecule has 172 valence electrons. The first-order valence-electron chi connectivity index (χ1n) is 11.7. The lowest BCUT2D eigenvalue weighted by atomic mass is 10.1. The number of quaternary nitrogens is 1. The number of carbonyl (C=O) groups is 1. The van der Waals surface area contributed by atoms with Crippen molar-refractivity contribution in [2.45, 2.75) is 52.4 Å². The molecule has 2 aliphatic rings. The molecule has 33 heavy (non-hydrogen) atoms. The summed E-state index contributed by atoms with van der Waals surface area (Å²) in [5, 5.41) is 11.5. The van der Waals surface area contributed by atoms with Crippen LogP contribution >= 0.6 is 0 Å². The monoisotopic (exact) mass is 447 g/mol. The van der Waals surface area contributed by atoms with Gasteiger partial charge in [0.1, 0.15) is 17.8 Å². The maximum absolute atomic E-state index is 13.6. The molecule has 1 fully saturated rings. The number of anilines is 1. The number of nitrogens with zero attached hydrogens (tertiary/aromatic N) is 7. The average Bonchev–Trinajstić information content (AvgIpc) is 3.52. The number of aryl methyl sites for hydroxylation is 1. The van der Waals surface area contributed by atoms with Crippen LogP contribution in [0.25, 0.3) is 11.5 Å². The van der Waals surface area contributed by atoms with E-state index < -0.39 is 0 Å². The first-order valence-corrected chi connectivity index (χ1v) is 11.7. The largest absolute Gasteiger partial charge is 0.314 e. The third-order valence-electron chi connectivity index (χ3n) is 7.27. The zero-order valence-electron chi connectivity index (χ0n) is 19.7. The predicted molar refractivity (Wildman–Crippen MR) is 128 cm³/mol. The maximum atomic E-state index is 13.6. The van der Waals surface area contributed by atoms with Crippen LogP contribution in [0.5, 0.6) is 0 Å². The van der Waals surface area contributed by atoms with E-state index in [1.165, 1.54) is 12.8 Å². The van der Waals surface area contributed by atoms with Gasteiger partial charge >= 0.3 is 0 Å². The molecule has 3 aromatic rings. The standard InChI is InChI=1S/C24H31N8O/c1-5-30-15-26-29-23(30)19-9-6-10-21(27-19)31-14-18-17(24(31)33)12-22(28-20(18)13-25-3)32(4)11-7-8-16(32)2/h6,9-10,12,15-16,25H,5,7-8,11,13-14H2,1-4H3/q+1/t16-,32?/m1/s1. The highest BCUT2D eigenvalue weighted by molar-refractivity contribution is 6.10. The molecule has 0 aromatic carbocycles. The van der Waals surface area contributed by atoms with Gasteiger partial charge in [0.2, 0.25) is 5.82 Å². The minimum Gasteiger partial charge on any atom is -0.314 e. The van der Waals surface area contributed by atoms with Gasteiger partial charge in [0.25, 0.3) is 5.91 Å². The molecule has 1 saturated heterocycles. The van der Waals surface area contributed by atoms with Gasteiger partial charge in [0.15, 0.2) is 5.82 Å². The summed E-state index contributed by atoms with van der Waals surface area (Å²) < 4.78 is 2.72. The smallest absolute Gasteiger partial charge is 0.260 e. The normalized spacial score (nSPS) is 22.2. The van der Waals surface area contributed by atoms with Gasteiger partial charge in [-0.1, -0.05) is 6.07 Å². The Bertz CT molecular complexity index is 1200. The molecule has 1 N–H and O–H groups in total. The first-order chi connectivity index (χ1) is 16.0. The summed E-state index contributed by atoms with van der Waals surface area (Å²) in [5.41, 5.74) is 3.38. The third-order valence-corrected chi connectivity index (χ3v) is 7.27. The number of likely N-dealkylation sites (tertiary alicyclic amines) is 1. The van der Waals surface area contributed by atoms with E-state index >= 15 is 0 Å². The Labute approximate surface area is 194 Å². The van der Waals surface area contributed by atoms with Gasteiger partial charge in [-0.25, -0.2) is 4.98 Å². The number of rotatable bonds is 6. The fourth-order valence-corrected chi connectivity index (χ4v) is 5.06. The zero-order chi connectivity index (χ0) is 23.2. The number of carbonyl (C=O) groups excluding carboxylic acids is 1. The number of pyridine rings is 2. The van der Waals surface area contributed by atoms with E-state index in [-0.39, 0.29) is 5.91 Å². The SMILES string of the molecule is CCn1cnnc1-c1cccc(N2Cc3c(cc([N+]4(C)CCC[C@H]4C)nc3CNC)C2=O)n1. The fourth-order valence-electron chi connectivity index (χ4n) is 5.06. The number of fused-ring (bicyclic) bond motifs is 1. The van der Waals surface area contributed by atoms with E-state index in [1.807, 2.05) is 42.8 Å². The highest BCUT2D eigenvalue weighted by Gasteiger charge is 2.41. The van der Waals surface area contributed by atoms with Crippen LogP contribution in [0.1, 0.15) is 48.3 Å². The molecule has 3 aromatic heterocycles. The lowest BCUT2D eigenvalue weighted by molar-refractivity contribution is 0.0995. The van der Waals surface area contributed by atoms with Crippen LogP contribution in [0, 0.1) is 0 Å². The third kappa shape index (κ3) is 3.52. The highest BCUT2D eigenvalue weighted by Crippen LogP contribution is 2.37. The molecule has 2 atom stereocenters. The van der Waals surface area contributed by atoms with Crippen LogP contribution in [0.4, 0.5) is 11.6 Å². The second-order valence-electron chi connectivity index (χ2n) is 9.18. The average molecular weight is 448 g/mol. The summed E-state index contributed by atoms with van der Waals surface area (Å²) in [6, 6.07) is 8.21. The van der Waals surface area contributed by atoms with Gasteiger partial charge in [0.05, 0.1) is 37.4 Å². The van der Waals surface area contributed by atoms with Crippen LogP contribution in [-0.2, 0) is 19.6 Å². The van der Waals surface area contributed by atoms with E-state index in [0.717, 1.165) is 40.2 Å². The maximum Gasteiger partial charge on any atom is 0.260 e. The van der Waals surface area contributed by atoms with Crippen LogP contribution in [-0.4, -0.2) is 57.3 Å². The lowest BCUT2D eigenvalue weighted by Gasteiger charge is -2.33. The molecule has 2 aliphatic heterocycles. The van der Waals surface area contributed by atoms with Gasteiger partial charge < -0.3 is 9.88 Å². The van der Waals surface area contributed by atoms with Crippen molar-refractivity contribution in [3.63, 3.8) is 0 Å². The molecule has 0 radical (unpaired) electrons. The summed E-state index contributed by atoms with van der Waals surface area (Å²) >= 11 is 0. The molecule has 0 bridgehead atoms. The van der Waals surface area contributed by atoms with Gasteiger partial charge in [0, 0.05) is 37.6 Å². The highest BCUT2D eigenvalue weighted by atomic mass is 16.2. The minimum atomic E-state index is -0.0222. The second-order valence-corrected chi connectivity index (χ2v) is 9.18. The summed E-state index contributed by atoms with van der Waals surface area (Å²) in [4.78, 5) is 25.2. The fraction of sp³-hybridized carbons (Fsp3) is 0.458. The molecule has 9 nitrogen and oxygen atoms in total. The van der Waals surface area contributed by atoms with E-state index in [2.05, 4.69) is 29.5 Å². The number of hydrogen-bond acceptors (Lipinski definition) is 6. The van der Waals surface area contributed by atoms with Crippen LogP contribution in [0.2, 0.25) is 0 Å². The predicted octanol–water partition coefficient (Wildman–Crippen LogP) is 2.75. The zero-order valence-corrected chi connectivity index (χ0v) is 19.7. The summed E-state index contributed by atoms with van der Waals surface area (Å²) in [7, 11) is 4.15. The molecule has 5 heterocycles. The van der Waals surface area contributed by atoms with Crippen molar-refractivity contribution < 1.29 is 4.79 Å². The molecular formula is C24H31N8O+. The number of amides is 1. The van der Waals surface area contributed by atoms with Gasteiger partial charge in [-0.05, 0) is 33.0 Å². The Hall–Kier alpha value is -3.17. The molecule has 0 saturated carbocycles. The number of aromatic nitrogens is 5. The summed E-state index contributed by atoms with van der Waals surface area (Å²) in [6.07, 6.45) is 4.05. The molecule has 1 unspecified atom stereocenters. The van der Waals surface area contributed by atoms with Crippen LogP contribution < -0.4 is 14.7 Å². The first kappa shape index (κ1) is 21.7. The Morgan fingerprint density at radius 1 is 1.27 bits per heavy atom. The van der Waals surface area contributed by atoms with E-state index in [0.29, 0.717) is 36.5 Å². The van der Waals surface area contributed by atoms with Crippen molar-refractivity contribution >= 4 is 17.5 Å². The molecule has 0 aliphatic carbocycles. The topological polar surface area (TPSA) is 88.8 Å². The quantitative estimate of drug-likeness (QED) is 0.585. The van der Waals surface area contributed by atoms with Crippen LogP contribution in [0.3, 0.4) is 0 Å². The summed E-state index contributed by atoms with van der Waals surface area (Å²) in [5.74, 6) is 2.28.